The fourth-order valence-electron chi connectivity index (χ4n) is 4.95. The summed E-state index contributed by atoms with van der Waals surface area (Å²) in [6, 6.07) is 24.0. The van der Waals surface area contributed by atoms with Crippen molar-refractivity contribution in [2.24, 2.45) is 11.8 Å². The number of pyridine rings is 1. The number of benzene rings is 2. The van der Waals surface area contributed by atoms with Gasteiger partial charge < -0.3 is 0 Å². The molecule has 3 aromatic rings. The van der Waals surface area contributed by atoms with Crippen molar-refractivity contribution in [1.82, 2.24) is 4.98 Å². The Morgan fingerprint density at radius 3 is 2.28 bits per heavy atom. The quantitative estimate of drug-likeness (QED) is 0.549. The summed E-state index contributed by atoms with van der Waals surface area (Å²) in [6.45, 7) is 0. The van der Waals surface area contributed by atoms with E-state index in [9.17, 15) is 0 Å². The van der Waals surface area contributed by atoms with Gasteiger partial charge in [0.05, 0.1) is 5.69 Å². The van der Waals surface area contributed by atoms with Crippen LogP contribution < -0.4 is 0 Å². The van der Waals surface area contributed by atoms with Gasteiger partial charge in [-0.05, 0) is 65.8 Å². The molecule has 1 aromatic heterocycles. The van der Waals surface area contributed by atoms with Crippen LogP contribution in [0.3, 0.4) is 0 Å². The molecule has 2 saturated carbocycles. The standard InChI is InChI=1S/C24H23N/c1-2-6-17(7-3-1)23-16-19(12-13-25-23)18-8-4-9-20(14-18)24-21-10-5-11-22(24)15-21/h1-4,6-9,12-14,16,21-22,24H,5,10-11,15H2. The first kappa shape index (κ1) is 14.9. The molecule has 0 spiro atoms. The van der Waals surface area contributed by atoms with Crippen LogP contribution >= 0.6 is 0 Å². The van der Waals surface area contributed by atoms with Crippen molar-refractivity contribution < 1.29 is 0 Å². The Labute approximate surface area is 149 Å². The minimum absolute atomic E-state index is 0.809. The van der Waals surface area contributed by atoms with Crippen molar-refractivity contribution in [3.05, 3.63) is 78.5 Å². The first-order valence-electron chi connectivity index (χ1n) is 9.50. The van der Waals surface area contributed by atoms with Crippen molar-refractivity contribution in [2.75, 3.05) is 0 Å². The molecule has 5 rings (SSSR count). The SMILES string of the molecule is c1ccc(-c2cc(-c3cccc(C4C5CCCC4C5)c3)ccn2)cc1. The van der Waals surface area contributed by atoms with Gasteiger partial charge in [0, 0.05) is 11.8 Å². The second kappa shape index (κ2) is 6.15. The van der Waals surface area contributed by atoms with Crippen LogP contribution in [0.4, 0.5) is 0 Å². The maximum absolute atomic E-state index is 4.57. The second-order valence-corrected chi connectivity index (χ2v) is 7.63. The summed E-state index contributed by atoms with van der Waals surface area (Å²) >= 11 is 0. The fraction of sp³-hybridized carbons (Fsp3) is 0.292. The lowest BCUT2D eigenvalue weighted by molar-refractivity contribution is 0.0725. The zero-order valence-corrected chi connectivity index (χ0v) is 14.4. The lowest BCUT2D eigenvalue weighted by atomic mass is 9.55. The highest BCUT2D eigenvalue weighted by Crippen LogP contribution is 2.56. The predicted molar refractivity (Wildman–Crippen MR) is 103 cm³/mol. The van der Waals surface area contributed by atoms with Crippen LogP contribution in [-0.4, -0.2) is 4.98 Å². The molecular weight excluding hydrogens is 302 g/mol. The van der Waals surface area contributed by atoms with E-state index in [4.69, 9.17) is 0 Å². The number of hydrogen-bond acceptors (Lipinski definition) is 1. The largest absolute Gasteiger partial charge is 0.256 e. The third kappa shape index (κ3) is 2.68. The van der Waals surface area contributed by atoms with Gasteiger partial charge in [0.25, 0.3) is 0 Å². The van der Waals surface area contributed by atoms with Gasteiger partial charge >= 0.3 is 0 Å². The highest BCUT2D eigenvalue weighted by Gasteiger charge is 2.44. The summed E-state index contributed by atoms with van der Waals surface area (Å²) in [5.74, 6) is 2.68. The maximum Gasteiger partial charge on any atom is 0.0708 e. The topological polar surface area (TPSA) is 12.9 Å². The summed E-state index contributed by atoms with van der Waals surface area (Å²) < 4.78 is 0. The Hall–Kier alpha value is -2.41. The van der Waals surface area contributed by atoms with Gasteiger partial charge in [0.1, 0.15) is 0 Å². The van der Waals surface area contributed by atoms with E-state index in [0.717, 1.165) is 23.4 Å². The predicted octanol–water partition coefficient (Wildman–Crippen LogP) is 6.32. The monoisotopic (exact) mass is 325 g/mol. The van der Waals surface area contributed by atoms with E-state index in [-0.39, 0.29) is 0 Å². The van der Waals surface area contributed by atoms with Gasteiger partial charge in [-0.25, -0.2) is 0 Å². The first-order chi connectivity index (χ1) is 12.4. The van der Waals surface area contributed by atoms with Gasteiger partial charge in [-0.3, -0.25) is 4.98 Å². The molecule has 2 unspecified atom stereocenters. The van der Waals surface area contributed by atoms with E-state index >= 15 is 0 Å². The third-order valence-electron chi connectivity index (χ3n) is 6.21. The molecule has 1 nitrogen and oxygen atoms in total. The van der Waals surface area contributed by atoms with Crippen molar-refractivity contribution in [1.29, 1.82) is 0 Å². The average molecular weight is 325 g/mol. The van der Waals surface area contributed by atoms with Crippen LogP contribution in [-0.2, 0) is 0 Å². The van der Waals surface area contributed by atoms with Gasteiger partial charge in [0.2, 0.25) is 0 Å². The van der Waals surface area contributed by atoms with Crippen LogP contribution in [0, 0.1) is 11.8 Å². The molecular formula is C24H23N. The normalized spacial score (nSPS) is 24.6. The van der Waals surface area contributed by atoms with Gasteiger partial charge in [-0.15, -0.1) is 0 Å². The summed E-state index contributed by atoms with van der Waals surface area (Å²) in [5, 5.41) is 0. The molecule has 2 aliphatic carbocycles. The van der Waals surface area contributed by atoms with E-state index in [2.05, 4.69) is 65.6 Å². The summed E-state index contributed by atoms with van der Waals surface area (Å²) in [4.78, 5) is 4.57. The molecule has 0 saturated heterocycles. The minimum atomic E-state index is 0.809. The van der Waals surface area contributed by atoms with E-state index in [1.165, 1.54) is 42.4 Å². The molecule has 2 atom stereocenters. The third-order valence-corrected chi connectivity index (χ3v) is 6.21. The number of nitrogens with zero attached hydrogens (tertiary/aromatic N) is 1. The van der Waals surface area contributed by atoms with Gasteiger partial charge in [0.15, 0.2) is 0 Å². The van der Waals surface area contributed by atoms with E-state index in [0.29, 0.717) is 0 Å². The zero-order chi connectivity index (χ0) is 16.6. The van der Waals surface area contributed by atoms with Crippen LogP contribution in [0.5, 0.6) is 0 Å². The number of rotatable bonds is 3. The summed E-state index contributed by atoms with van der Waals surface area (Å²) in [6.07, 6.45) is 7.69. The van der Waals surface area contributed by atoms with Crippen LogP contribution in [0.25, 0.3) is 22.4 Å². The van der Waals surface area contributed by atoms with Crippen molar-refractivity contribution in [2.45, 2.75) is 31.6 Å². The number of fused-ring (bicyclic) bond motifs is 2. The minimum Gasteiger partial charge on any atom is -0.256 e. The number of aromatic nitrogens is 1. The van der Waals surface area contributed by atoms with Gasteiger partial charge in [-0.2, -0.15) is 0 Å². The molecule has 2 aromatic carbocycles. The van der Waals surface area contributed by atoms with E-state index in [1.54, 1.807) is 5.56 Å². The Balaban J connectivity index is 1.49. The molecule has 0 N–H and O–H groups in total. The Morgan fingerprint density at radius 1 is 0.720 bits per heavy atom. The first-order valence-corrected chi connectivity index (χ1v) is 9.50. The molecule has 2 fully saturated rings. The highest BCUT2D eigenvalue weighted by molar-refractivity contribution is 5.70. The maximum atomic E-state index is 4.57. The molecule has 25 heavy (non-hydrogen) atoms. The molecule has 2 aliphatic rings. The summed E-state index contributed by atoms with van der Waals surface area (Å²) in [5.41, 5.74) is 6.36. The van der Waals surface area contributed by atoms with Crippen molar-refractivity contribution >= 4 is 0 Å². The molecule has 1 heteroatoms. The lowest BCUT2D eigenvalue weighted by Crippen LogP contribution is -2.38. The average Bonchev–Trinajstić information content (AvgIpc) is 2.69. The van der Waals surface area contributed by atoms with Gasteiger partial charge in [-0.1, -0.05) is 61.0 Å². The fourth-order valence-corrected chi connectivity index (χ4v) is 4.95. The van der Waals surface area contributed by atoms with Crippen LogP contribution in [0.2, 0.25) is 0 Å². The molecule has 0 radical (unpaired) electrons. The molecule has 0 aliphatic heterocycles. The molecule has 124 valence electrons. The Bertz CT molecular complexity index is 869. The van der Waals surface area contributed by atoms with Crippen LogP contribution in [0.15, 0.2) is 72.9 Å². The van der Waals surface area contributed by atoms with Crippen molar-refractivity contribution in [3.63, 3.8) is 0 Å². The second-order valence-electron chi connectivity index (χ2n) is 7.63. The summed E-state index contributed by atoms with van der Waals surface area (Å²) in [7, 11) is 0. The van der Waals surface area contributed by atoms with E-state index in [1.807, 2.05) is 12.3 Å². The highest BCUT2D eigenvalue weighted by atomic mass is 14.7. The lowest BCUT2D eigenvalue weighted by Gasteiger charge is -2.50. The zero-order valence-electron chi connectivity index (χ0n) is 14.4. The van der Waals surface area contributed by atoms with Crippen LogP contribution in [0.1, 0.15) is 37.2 Å². The molecule has 2 bridgehead atoms. The van der Waals surface area contributed by atoms with Crippen molar-refractivity contribution in [3.8, 4) is 22.4 Å². The number of hydrogen-bond donors (Lipinski definition) is 0. The Morgan fingerprint density at radius 2 is 1.48 bits per heavy atom. The smallest absolute Gasteiger partial charge is 0.0708 e. The van der Waals surface area contributed by atoms with E-state index < -0.39 is 0 Å². The molecule has 0 amide bonds. The Kier molecular flexibility index (Phi) is 3.66. The molecule has 1 heterocycles.